The fraction of sp³-hybridized carbons (Fsp3) is 0.333. The van der Waals surface area contributed by atoms with Crippen LogP contribution in [0.2, 0.25) is 0 Å². The van der Waals surface area contributed by atoms with Gasteiger partial charge in [-0.3, -0.25) is 0 Å². The normalized spacial score (nSPS) is 28.7. The lowest BCUT2D eigenvalue weighted by molar-refractivity contribution is -0.159. The maximum Gasteiger partial charge on any atom is 0.192 e. The zero-order valence-corrected chi connectivity index (χ0v) is 10.1. The molecular formula is C15H16O2. The van der Waals surface area contributed by atoms with Crippen LogP contribution >= 0.6 is 0 Å². The molecule has 2 aromatic rings. The second-order valence-corrected chi connectivity index (χ2v) is 4.75. The van der Waals surface area contributed by atoms with E-state index in [4.69, 9.17) is 9.47 Å². The zero-order chi connectivity index (χ0) is 11.9. The summed E-state index contributed by atoms with van der Waals surface area (Å²) in [5, 5.41) is 2.46. The van der Waals surface area contributed by atoms with E-state index in [-0.39, 0.29) is 6.10 Å². The van der Waals surface area contributed by atoms with Crippen molar-refractivity contribution in [2.75, 3.05) is 6.61 Å². The van der Waals surface area contributed by atoms with Crippen molar-refractivity contribution in [3.05, 3.63) is 48.0 Å². The second kappa shape index (κ2) is 3.83. The van der Waals surface area contributed by atoms with Crippen LogP contribution in [0.5, 0.6) is 0 Å². The van der Waals surface area contributed by atoms with Crippen molar-refractivity contribution < 1.29 is 9.47 Å². The summed E-state index contributed by atoms with van der Waals surface area (Å²) in [6, 6.07) is 14.7. The van der Waals surface area contributed by atoms with E-state index in [2.05, 4.69) is 30.3 Å². The number of hydrogen-bond acceptors (Lipinski definition) is 2. The molecule has 0 saturated carbocycles. The molecule has 0 N–H and O–H groups in total. The van der Waals surface area contributed by atoms with Gasteiger partial charge in [0.15, 0.2) is 5.79 Å². The van der Waals surface area contributed by atoms with Crippen LogP contribution in [-0.2, 0) is 15.3 Å². The molecule has 17 heavy (non-hydrogen) atoms. The molecule has 1 aliphatic heterocycles. The van der Waals surface area contributed by atoms with Crippen LogP contribution in [0.4, 0.5) is 0 Å². The molecular weight excluding hydrogens is 212 g/mol. The van der Waals surface area contributed by atoms with Crippen molar-refractivity contribution in [3.63, 3.8) is 0 Å². The first-order valence-corrected chi connectivity index (χ1v) is 5.98. The van der Waals surface area contributed by atoms with Crippen LogP contribution in [0.15, 0.2) is 42.5 Å². The molecule has 3 rings (SSSR count). The van der Waals surface area contributed by atoms with Gasteiger partial charge in [0.05, 0.1) is 12.7 Å². The largest absolute Gasteiger partial charge is 0.343 e. The van der Waals surface area contributed by atoms with E-state index >= 15 is 0 Å². The number of rotatable bonds is 1. The van der Waals surface area contributed by atoms with E-state index in [1.807, 2.05) is 26.0 Å². The predicted molar refractivity (Wildman–Crippen MR) is 67.8 cm³/mol. The van der Waals surface area contributed by atoms with E-state index in [0.29, 0.717) is 6.61 Å². The van der Waals surface area contributed by atoms with Crippen LogP contribution in [0, 0.1) is 0 Å². The average Bonchev–Trinajstić information content (AvgIpc) is 2.70. The van der Waals surface area contributed by atoms with Gasteiger partial charge >= 0.3 is 0 Å². The maximum atomic E-state index is 5.86. The minimum atomic E-state index is -0.594. The highest BCUT2D eigenvalue weighted by molar-refractivity contribution is 5.83. The molecule has 1 heterocycles. The van der Waals surface area contributed by atoms with Gasteiger partial charge in [-0.1, -0.05) is 36.4 Å². The number of hydrogen-bond donors (Lipinski definition) is 0. The van der Waals surface area contributed by atoms with Gasteiger partial charge in [-0.05, 0) is 30.7 Å². The van der Waals surface area contributed by atoms with Crippen LogP contribution < -0.4 is 0 Å². The summed E-state index contributed by atoms with van der Waals surface area (Å²) in [6.45, 7) is 4.68. The van der Waals surface area contributed by atoms with Gasteiger partial charge in [0, 0.05) is 5.56 Å². The number of fused-ring (bicyclic) bond motifs is 1. The SMILES string of the molecule is CC1CO[C@](C)(c2ccc3ccccc3c2)O1. The molecule has 1 unspecified atom stereocenters. The highest BCUT2D eigenvalue weighted by atomic mass is 16.7. The molecule has 0 spiro atoms. The number of ether oxygens (including phenoxy) is 2. The van der Waals surface area contributed by atoms with E-state index in [0.717, 1.165) is 5.56 Å². The fourth-order valence-electron chi connectivity index (χ4n) is 2.35. The van der Waals surface area contributed by atoms with E-state index in [9.17, 15) is 0 Å². The van der Waals surface area contributed by atoms with Crippen molar-refractivity contribution in [2.24, 2.45) is 0 Å². The van der Waals surface area contributed by atoms with Crippen LogP contribution in [-0.4, -0.2) is 12.7 Å². The Morgan fingerprint density at radius 2 is 1.88 bits per heavy atom. The molecule has 1 fully saturated rings. The molecule has 0 bridgehead atoms. The monoisotopic (exact) mass is 228 g/mol. The summed E-state index contributed by atoms with van der Waals surface area (Å²) in [4.78, 5) is 0. The number of benzene rings is 2. The Morgan fingerprint density at radius 3 is 2.59 bits per heavy atom. The van der Waals surface area contributed by atoms with Crippen molar-refractivity contribution in [1.82, 2.24) is 0 Å². The molecule has 0 amide bonds. The summed E-state index contributed by atoms with van der Waals surface area (Å²) in [7, 11) is 0. The Bertz CT molecular complexity index is 549. The lowest BCUT2D eigenvalue weighted by atomic mass is 10.0. The van der Waals surface area contributed by atoms with Crippen molar-refractivity contribution in [3.8, 4) is 0 Å². The predicted octanol–water partition coefficient (Wildman–Crippen LogP) is 3.45. The van der Waals surface area contributed by atoms with Gasteiger partial charge in [-0.2, -0.15) is 0 Å². The smallest absolute Gasteiger partial charge is 0.192 e. The minimum Gasteiger partial charge on any atom is -0.343 e. The molecule has 2 heteroatoms. The van der Waals surface area contributed by atoms with Gasteiger partial charge < -0.3 is 9.47 Å². The third-order valence-electron chi connectivity index (χ3n) is 3.29. The van der Waals surface area contributed by atoms with Crippen LogP contribution in [0.25, 0.3) is 10.8 Å². The molecule has 0 radical (unpaired) electrons. The molecule has 0 aliphatic carbocycles. The molecule has 2 nitrogen and oxygen atoms in total. The average molecular weight is 228 g/mol. The molecule has 2 atom stereocenters. The Hall–Kier alpha value is -1.38. The summed E-state index contributed by atoms with van der Waals surface area (Å²) < 4.78 is 11.6. The minimum absolute atomic E-state index is 0.159. The highest BCUT2D eigenvalue weighted by Crippen LogP contribution is 2.34. The molecule has 0 aromatic heterocycles. The van der Waals surface area contributed by atoms with Crippen LogP contribution in [0.1, 0.15) is 19.4 Å². The Kier molecular flexibility index (Phi) is 2.42. The van der Waals surface area contributed by atoms with Crippen LogP contribution in [0.3, 0.4) is 0 Å². The summed E-state index contributed by atoms with van der Waals surface area (Å²) >= 11 is 0. The first kappa shape index (κ1) is 10.8. The van der Waals surface area contributed by atoms with E-state index in [1.165, 1.54) is 10.8 Å². The van der Waals surface area contributed by atoms with Crippen molar-refractivity contribution in [1.29, 1.82) is 0 Å². The van der Waals surface area contributed by atoms with Gasteiger partial charge in [0.2, 0.25) is 0 Å². The Morgan fingerprint density at radius 1 is 1.12 bits per heavy atom. The first-order chi connectivity index (χ1) is 8.17. The molecule has 88 valence electrons. The lowest BCUT2D eigenvalue weighted by Crippen LogP contribution is -2.23. The first-order valence-electron chi connectivity index (χ1n) is 5.98. The topological polar surface area (TPSA) is 18.5 Å². The Balaban J connectivity index is 2.06. The lowest BCUT2D eigenvalue weighted by Gasteiger charge is -2.23. The second-order valence-electron chi connectivity index (χ2n) is 4.75. The van der Waals surface area contributed by atoms with Crippen molar-refractivity contribution in [2.45, 2.75) is 25.7 Å². The van der Waals surface area contributed by atoms with E-state index < -0.39 is 5.79 Å². The fourth-order valence-corrected chi connectivity index (χ4v) is 2.35. The molecule has 1 aliphatic rings. The van der Waals surface area contributed by atoms with Gasteiger partial charge in [-0.15, -0.1) is 0 Å². The third-order valence-corrected chi connectivity index (χ3v) is 3.29. The van der Waals surface area contributed by atoms with Gasteiger partial charge in [0.25, 0.3) is 0 Å². The van der Waals surface area contributed by atoms with E-state index in [1.54, 1.807) is 0 Å². The standard InChI is InChI=1S/C15H16O2/c1-11-10-16-15(2,17-11)14-8-7-12-5-3-4-6-13(12)9-14/h3-9,11H,10H2,1-2H3/t11?,15-/m0/s1. The Labute approximate surface area is 101 Å². The van der Waals surface area contributed by atoms with Crippen molar-refractivity contribution >= 4 is 10.8 Å². The zero-order valence-electron chi connectivity index (χ0n) is 10.1. The molecule has 2 aromatic carbocycles. The highest BCUT2D eigenvalue weighted by Gasteiger charge is 2.36. The summed E-state index contributed by atoms with van der Waals surface area (Å²) in [5.74, 6) is -0.594. The molecule has 1 saturated heterocycles. The van der Waals surface area contributed by atoms with Gasteiger partial charge in [0.1, 0.15) is 0 Å². The van der Waals surface area contributed by atoms with Gasteiger partial charge in [-0.25, -0.2) is 0 Å². The summed E-state index contributed by atoms with van der Waals surface area (Å²) in [6.07, 6.45) is 0.159. The third kappa shape index (κ3) is 1.84. The quantitative estimate of drug-likeness (QED) is 0.744. The maximum absolute atomic E-state index is 5.86. The summed E-state index contributed by atoms with van der Waals surface area (Å²) in [5.41, 5.74) is 1.08.